The van der Waals surface area contributed by atoms with Crippen LogP contribution in [0.15, 0.2) is 48.5 Å². The van der Waals surface area contributed by atoms with Crippen molar-refractivity contribution in [2.45, 2.75) is 46.1 Å². The predicted molar refractivity (Wildman–Crippen MR) is 90.3 cm³/mol. The van der Waals surface area contributed by atoms with E-state index in [-0.39, 0.29) is 5.78 Å². The highest BCUT2D eigenvalue weighted by Crippen LogP contribution is 2.27. The second-order valence-corrected chi connectivity index (χ2v) is 5.93. The molecule has 0 heterocycles. The molecule has 2 aromatic rings. The molecule has 0 N–H and O–H groups in total. The largest absolute Gasteiger partial charge is 0.489 e. The summed E-state index contributed by atoms with van der Waals surface area (Å²) in [5.41, 5.74) is 3.69. The SMILES string of the molecule is CC(=O)CCC(C)c1ccc(OCc2ccccc2)cc1C. The lowest BCUT2D eigenvalue weighted by Gasteiger charge is -2.15. The third-order valence-electron chi connectivity index (χ3n) is 3.95. The van der Waals surface area contributed by atoms with Crippen molar-refractivity contribution in [2.75, 3.05) is 0 Å². The summed E-state index contributed by atoms with van der Waals surface area (Å²) >= 11 is 0. The molecule has 116 valence electrons. The molecule has 0 saturated heterocycles. The fraction of sp³-hybridized carbons (Fsp3) is 0.350. The van der Waals surface area contributed by atoms with Crippen LogP contribution in [0.3, 0.4) is 0 Å². The summed E-state index contributed by atoms with van der Waals surface area (Å²) < 4.78 is 5.85. The van der Waals surface area contributed by atoms with E-state index >= 15 is 0 Å². The molecule has 0 amide bonds. The van der Waals surface area contributed by atoms with Crippen LogP contribution in [0, 0.1) is 6.92 Å². The summed E-state index contributed by atoms with van der Waals surface area (Å²) in [7, 11) is 0. The van der Waals surface area contributed by atoms with Gasteiger partial charge in [0.15, 0.2) is 0 Å². The molecule has 0 aliphatic rings. The maximum absolute atomic E-state index is 11.1. The highest BCUT2D eigenvalue weighted by Gasteiger charge is 2.10. The van der Waals surface area contributed by atoms with E-state index in [2.05, 4.69) is 38.1 Å². The molecule has 1 atom stereocenters. The molecule has 0 spiro atoms. The molecular weight excluding hydrogens is 272 g/mol. The van der Waals surface area contributed by atoms with Crippen molar-refractivity contribution in [3.05, 3.63) is 65.2 Å². The Balaban J connectivity index is 1.98. The van der Waals surface area contributed by atoms with E-state index in [0.29, 0.717) is 18.9 Å². The fourth-order valence-electron chi connectivity index (χ4n) is 2.61. The molecular formula is C20H24O2. The second kappa shape index (κ2) is 7.79. The number of ether oxygens (including phenoxy) is 1. The number of hydrogen-bond acceptors (Lipinski definition) is 2. The van der Waals surface area contributed by atoms with Crippen molar-refractivity contribution >= 4 is 5.78 Å². The van der Waals surface area contributed by atoms with Crippen molar-refractivity contribution in [2.24, 2.45) is 0 Å². The molecule has 0 saturated carbocycles. The number of carbonyl (C=O) groups is 1. The minimum atomic E-state index is 0.257. The first-order chi connectivity index (χ1) is 10.6. The van der Waals surface area contributed by atoms with Gasteiger partial charge in [0.1, 0.15) is 18.1 Å². The number of Topliss-reactive ketones (excluding diaryl/α,β-unsaturated/α-hetero) is 1. The van der Waals surface area contributed by atoms with Crippen LogP contribution in [-0.2, 0) is 11.4 Å². The molecule has 2 nitrogen and oxygen atoms in total. The van der Waals surface area contributed by atoms with Gasteiger partial charge < -0.3 is 9.53 Å². The molecule has 0 aliphatic carbocycles. The Hall–Kier alpha value is -2.09. The van der Waals surface area contributed by atoms with Gasteiger partial charge in [0, 0.05) is 6.42 Å². The van der Waals surface area contributed by atoms with Gasteiger partial charge in [0.2, 0.25) is 0 Å². The fourth-order valence-corrected chi connectivity index (χ4v) is 2.61. The molecule has 2 heteroatoms. The molecule has 1 unspecified atom stereocenters. The van der Waals surface area contributed by atoms with Gasteiger partial charge in [-0.2, -0.15) is 0 Å². The summed E-state index contributed by atoms with van der Waals surface area (Å²) in [6.45, 7) is 6.52. The molecule has 0 aliphatic heterocycles. The lowest BCUT2D eigenvalue weighted by molar-refractivity contribution is -0.117. The van der Waals surface area contributed by atoms with E-state index in [1.807, 2.05) is 24.3 Å². The first-order valence-electron chi connectivity index (χ1n) is 7.83. The maximum atomic E-state index is 11.1. The van der Waals surface area contributed by atoms with Crippen LogP contribution in [0.2, 0.25) is 0 Å². The van der Waals surface area contributed by atoms with Crippen LogP contribution in [0.25, 0.3) is 0 Å². The Morgan fingerprint density at radius 3 is 2.50 bits per heavy atom. The minimum Gasteiger partial charge on any atom is -0.489 e. The van der Waals surface area contributed by atoms with E-state index in [4.69, 9.17) is 4.74 Å². The summed E-state index contributed by atoms with van der Waals surface area (Å²) in [6, 6.07) is 16.4. The van der Waals surface area contributed by atoms with Gasteiger partial charge in [-0.3, -0.25) is 0 Å². The van der Waals surface area contributed by atoms with Crippen molar-refractivity contribution in [1.82, 2.24) is 0 Å². The van der Waals surface area contributed by atoms with Crippen molar-refractivity contribution in [3.8, 4) is 5.75 Å². The van der Waals surface area contributed by atoms with E-state index in [1.165, 1.54) is 16.7 Å². The van der Waals surface area contributed by atoms with E-state index in [9.17, 15) is 4.79 Å². The van der Waals surface area contributed by atoms with Crippen LogP contribution < -0.4 is 4.74 Å². The summed E-state index contributed by atoms with van der Waals surface area (Å²) in [6.07, 6.45) is 1.55. The highest BCUT2D eigenvalue weighted by atomic mass is 16.5. The van der Waals surface area contributed by atoms with Crippen LogP contribution in [0.5, 0.6) is 5.75 Å². The Morgan fingerprint density at radius 1 is 1.14 bits per heavy atom. The van der Waals surface area contributed by atoms with E-state index in [0.717, 1.165) is 12.2 Å². The van der Waals surface area contributed by atoms with Crippen molar-refractivity contribution in [3.63, 3.8) is 0 Å². The molecule has 22 heavy (non-hydrogen) atoms. The van der Waals surface area contributed by atoms with Gasteiger partial charge in [-0.1, -0.05) is 43.3 Å². The van der Waals surface area contributed by atoms with Gasteiger partial charge >= 0.3 is 0 Å². The number of carbonyl (C=O) groups excluding carboxylic acids is 1. The zero-order valence-corrected chi connectivity index (χ0v) is 13.6. The predicted octanol–water partition coefficient (Wildman–Crippen LogP) is 5.05. The number of ketones is 1. The van der Waals surface area contributed by atoms with Gasteiger partial charge in [-0.15, -0.1) is 0 Å². The molecule has 0 radical (unpaired) electrons. The number of benzene rings is 2. The summed E-state index contributed by atoms with van der Waals surface area (Å²) in [4.78, 5) is 11.1. The summed E-state index contributed by atoms with van der Waals surface area (Å²) in [5, 5.41) is 0. The minimum absolute atomic E-state index is 0.257. The van der Waals surface area contributed by atoms with Crippen LogP contribution in [0.1, 0.15) is 49.3 Å². The van der Waals surface area contributed by atoms with Gasteiger partial charge in [-0.25, -0.2) is 0 Å². The molecule has 0 bridgehead atoms. The van der Waals surface area contributed by atoms with Crippen molar-refractivity contribution in [1.29, 1.82) is 0 Å². The van der Waals surface area contributed by atoms with Crippen molar-refractivity contribution < 1.29 is 9.53 Å². The molecule has 2 rings (SSSR count). The maximum Gasteiger partial charge on any atom is 0.129 e. The van der Waals surface area contributed by atoms with Gasteiger partial charge in [-0.05, 0) is 55.0 Å². The molecule has 2 aromatic carbocycles. The smallest absolute Gasteiger partial charge is 0.129 e. The van der Waals surface area contributed by atoms with Crippen LogP contribution in [-0.4, -0.2) is 5.78 Å². The number of rotatable bonds is 7. The standard InChI is InChI=1S/C20H24O2/c1-15(9-10-17(3)21)20-12-11-19(13-16(20)2)22-14-18-7-5-4-6-8-18/h4-8,11-13,15H,9-10,14H2,1-3H3. The van der Waals surface area contributed by atoms with Gasteiger partial charge in [0.25, 0.3) is 0 Å². The third kappa shape index (κ3) is 4.73. The molecule has 0 aromatic heterocycles. The Labute approximate surface area is 133 Å². The normalized spacial score (nSPS) is 12.0. The Morgan fingerprint density at radius 2 is 1.86 bits per heavy atom. The summed E-state index contributed by atoms with van der Waals surface area (Å²) in [5.74, 6) is 1.54. The number of aryl methyl sites for hydroxylation is 1. The number of hydrogen-bond donors (Lipinski definition) is 0. The zero-order chi connectivity index (χ0) is 15.9. The quantitative estimate of drug-likeness (QED) is 0.715. The third-order valence-corrected chi connectivity index (χ3v) is 3.95. The van der Waals surface area contributed by atoms with E-state index in [1.54, 1.807) is 6.92 Å². The first-order valence-corrected chi connectivity index (χ1v) is 7.83. The zero-order valence-electron chi connectivity index (χ0n) is 13.6. The first kappa shape index (κ1) is 16.3. The average molecular weight is 296 g/mol. The Bertz CT molecular complexity index is 617. The lowest BCUT2D eigenvalue weighted by Crippen LogP contribution is -2.01. The Kier molecular flexibility index (Phi) is 5.76. The van der Waals surface area contributed by atoms with Crippen LogP contribution >= 0.6 is 0 Å². The van der Waals surface area contributed by atoms with Gasteiger partial charge in [0.05, 0.1) is 0 Å². The lowest BCUT2D eigenvalue weighted by atomic mass is 9.92. The highest BCUT2D eigenvalue weighted by molar-refractivity contribution is 5.75. The topological polar surface area (TPSA) is 26.3 Å². The van der Waals surface area contributed by atoms with Crippen LogP contribution in [0.4, 0.5) is 0 Å². The second-order valence-electron chi connectivity index (χ2n) is 5.93. The molecule has 0 fully saturated rings. The van der Waals surface area contributed by atoms with E-state index < -0.39 is 0 Å². The average Bonchev–Trinajstić information content (AvgIpc) is 2.51. The monoisotopic (exact) mass is 296 g/mol.